The number of fused-ring (bicyclic) bond motifs is 1. The molecule has 4 aromatic rings. The number of likely N-dealkylation sites (tertiary alicyclic amines) is 1. The van der Waals surface area contributed by atoms with E-state index in [0.29, 0.717) is 0 Å². The number of benzene rings is 3. The molecule has 3 N–H and O–H groups in total. The molecule has 2 aliphatic rings. The number of carbonyl (C=O) groups is 1. The number of thiophene rings is 1. The maximum absolute atomic E-state index is 13.1. The molecule has 5 nitrogen and oxygen atoms in total. The van der Waals surface area contributed by atoms with Gasteiger partial charge < -0.3 is 15.8 Å². The van der Waals surface area contributed by atoms with Crippen molar-refractivity contribution in [3.8, 4) is 16.9 Å². The smallest absolute Gasteiger partial charge is 0.261 e. The zero-order valence-corrected chi connectivity index (χ0v) is 25.3. The molecule has 0 radical (unpaired) electrons. The standard InChI is InChI=1S/C33H36BrN3O2S/c1-21-2-5-23(6-3-21)24-7-8-25-18-32(40-31(25)17-24)33(38)36-27-12-14-37(15-13-27)20-22-4-11-30(29(34)16-22)39-28-10-9-26(35)19-28/h2-8,11,16-18,26-28H,9-10,12-15,19-20,35H2,1H3,(H,36,38). The highest BCUT2D eigenvalue weighted by molar-refractivity contribution is 9.10. The number of ether oxygens (including phenoxy) is 1. The van der Waals surface area contributed by atoms with Crippen LogP contribution in [0.4, 0.5) is 0 Å². The first-order chi connectivity index (χ1) is 19.4. The Morgan fingerprint density at radius 2 is 1.77 bits per heavy atom. The molecule has 1 aliphatic heterocycles. The first kappa shape index (κ1) is 27.5. The van der Waals surface area contributed by atoms with Crippen molar-refractivity contribution < 1.29 is 9.53 Å². The van der Waals surface area contributed by atoms with E-state index in [1.54, 1.807) is 11.3 Å². The average molecular weight is 619 g/mol. The lowest BCUT2D eigenvalue weighted by Crippen LogP contribution is -2.44. The van der Waals surface area contributed by atoms with Gasteiger partial charge in [0.05, 0.1) is 9.35 Å². The fourth-order valence-electron chi connectivity index (χ4n) is 5.82. The van der Waals surface area contributed by atoms with Gasteiger partial charge in [-0.1, -0.05) is 48.0 Å². The van der Waals surface area contributed by atoms with Crippen molar-refractivity contribution in [2.75, 3.05) is 13.1 Å². The van der Waals surface area contributed by atoms with Crippen molar-refractivity contribution in [1.29, 1.82) is 0 Å². The Morgan fingerprint density at radius 3 is 2.50 bits per heavy atom. The number of hydrogen-bond acceptors (Lipinski definition) is 5. The lowest BCUT2D eigenvalue weighted by molar-refractivity contribution is 0.0913. The normalized spacial score (nSPS) is 20.2. The summed E-state index contributed by atoms with van der Waals surface area (Å²) in [5, 5.41) is 4.42. The topological polar surface area (TPSA) is 67.6 Å². The zero-order chi connectivity index (χ0) is 27.6. The van der Waals surface area contributed by atoms with Crippen LogP contribution in [-0.4, -0.2) is 42.1 Å². The van der Waals surface area contributed by atoms with Crippen LogP contribution in [0.5, 0.6) is 5.75 Å². The van der Waals surface area contributed by atoms with Gasteiger partial charge in [0.2, 0.25) is 0 Å². The van der Waals surface area contributed by atoms with Crippen LogP contribution in [0.1, 0.15) is 52.9 Å². The number of nitrogens with one attached hydrogen (secondary N) is 1. The quantitative estimate of drug-likeness (QED) is 0.228. The van der Waals surface area contributed by atoms with Crippen molar-refractivity contribution in [3.05, 3.63) is 87.2 Å². The molecular weight excluding hydrogens is 582 g/mol. The van der Waals surface area contributed by atoms with Gasteiger partial charge in [0.25, 0.3) is 5.91 Å². The third kappa shape index (κ3) is 6.44. The highest BCUT2D eigenvalue weighted by atomic mass is 79.9. The van der Waals surface area contributed by atoms with Crippen LogP contribution >= 0.6 is 27.3 Å². The minimum atomic E-state index is 0.0410. The predicted molar refractivity (Wildman–Crippen MR) is 168 cm³/mol. The van der Waals surface area contributed by atoms with Crippen LogP contribution in [0, 0.1) is 6.92 Å². The summed E-state index contributed by atoms with van der Waals surface area (Å²) < 4.78 is 8.33. The van der Waals surface area contributed by atoms with Gasteiger partial charge in [0.1, 0.15) is 11.9 Å². The minimum absolute atomic E-state index is 0.0410. The summed E-state index contributed by atoms with van der Waals surface area (Å²) in [6, 6.07) is 23.9. The van der Waals surface area contributed by atoms with Crippen molar-refractivity contribution in [2.45, 2.75) is 63.8 Å². The Morgan fingerprint density at radius 1 is 1.00 bits per heavy atom. The van der Waals surface area contributed by atoms with Crippen LogP contribution in [0.3, 0.4) is 0 Å². The van der Waals surface area contributed by atoms with E-state index >= 15 is 0 Å². The van der Waals surface area contributed by atoms with Gasteiger partial charge in [0, 0.05) is 36.4 Å². The summed E-state index contributed by atoms with van der Waals surface area (Å²) in [7, 11) is 0. The Hall–Kier alpha value is -2.71. The molecule has 0 spiro atoms. The number of nitrogens with two attached hydrogens (primary N) is 1. The second-order valence-corrected chi connectivity index (χ2v) is 13.3. The minimum Gasteiger partial charge on any atom is -0.489 e. The maximum Gasteiger partial charge on any atom is 0.261 e. The van der Waals surface area contributed by atoms with Gasteiger partial charge in [-0.15, -0.1) is 11.3 Å². The van der Waals surface area contributed by atoms with Gasteiger partial charge >= 0.3 is 0 Å². The Labute approximate surface area is 248 Å². The SMILES string of the molecule is Cc1ccc(-c2ccc3cc(C(=O)NC4CCN(Cc5ccc(OC6CCC(N)C6)c(Br)c5)CC4)sc3c2)cc1. The number of rotatable bonds is 7. The molecule has 1 amide bonds. The monoisotopic (exact) mass is 617 g/mol. The summed E-state index contributed by atoms with van der Waals surface area (Å²) >= 11 is 5.28. The van der Waals surface area contributed by atoms with Crippen LogP contribution < -0.4 is 15.8 Å². The van der Waals surface area contributed by atoms with Gasteiger partial charge in [-0.2, -0.15) is 0 Å². The van der Waals surface area contributed by atoms with Crippen molar-refractivity contribution in [3.63, 3.8) is 0 Å². The molecule has 1 aliphatic carbocycles. The number of nitrogens with zero attached hydrogens (tertiary/aromatic N) is 1. The van der Waals surface area contributed by atoms with E-state index < -0.39 is 0 Å². The van der Waals surface area contributed by atoms with E-state index in [-0.39, 0.29) is 24.1 Å². The summed E-state index contributed by atoms with van der Waals surface area (Å²) in [5.41, 5.74) is 10.9. The van der Waals surface area contributed by atoms with E-state index in [1.165, 1.54) is 22.3 Å². The number of aryl methyl sites for hydroxylation is 1. The number of piperidine rings is 1. The predicted octanol–water partition coefficient (Wildman–Crippen LogP) is 7.29. The zero-order valence-electron chi connectivity index (χ0n) is 22.9. The number of halogens is 1. The third-order valence-corrected chi connectivity index (χ3v) is 9.89. The average Bonchev–Trinajstić information content (AvgIpc) is 3.57. The molecule has 2 atom stereocenters. The van der Waals surface area contributed by atoms with Crippen molar-refractivity contribution in [2.24, 2.45) is 5.73 Å². The summed E-state index contributed by atoms with van der Waals surface area (Å²) in [5.74, 6) is 0.941. The summed E-state index contributed by atoms with van der Waals surface area (Å²) in [6.45, 7) is 4.93. The molecule has 6 rings (SSSR count). The van der Waals surface area contributed by atoms with E-state index in [0.717, 1.165) is 76.9 Å². The fraction of sp³-hybridized carbons (Fsp3) is 0.364. The molecule has 1 aromatic heterocycles. The molecule has 40 heavy (non-hydrogen) atoms. The second kappa shape index (κ2) is 12.0. The molecule has 3 aromatic carbocycles. The second-order valence-electron chi connectivity index (χ2n) is 11.3. The third-order valence-electron chi connectivity index (χ3n) is 8.17. The molecule has 0 bridgehead atoms. The van der Waals surface area contributed by atoms with Crippen LogP contribution in [0.15, 0.2) is 71.2 Å². The van der Waals surface area contributed by atoms with Crippen LogP contribution in [-0.2, 0) is 6.54 Å². The lowest BCUT2D eigenvalue weighted by atomic mass is 10.0. The van der Waals surface area contributed by atoms with Gasteiger partial charge in [-0.25, -0.2) is 0 Å². The van der Waals surface area contributed by atoms with Crippen molar-refractivity contribution >= 4 is 43.3 Å². The van der Waals surface area contributed by atoms with Crippen LogP contribution in [0.25, 0.3) is 21.2 Å². The first-order valence-corrected chi connectivity index (χ1v) is 15.8. The molecule has 2 heterocycles. The van der Waals surface area contributed by atoms with Gasteiger partial charge in [-0.3, -0.25) is 9.69 Å². The van der Waals surface area contributed by atoms with Crippen molar-refractivity contribution in [1.82, 2.24) is 10.2 Å². The largest absolute Gasteiger partial charge is 0.489 e. The molecule has 7 heteroatoms. The molecule has 2 unspecified atom stereocenters. The Bertz CT molecular complexity index is 1490. The Kier molecular flexibility index (Phi) is 8.26. The van der Waals surface area contributed by atoms with Crippen LogP contribution in [0.2, 0.25) is 0 Å². The fourth-order valence-corrected chi connectivity index (χ4v) is 7.34. The van der Waals surface area contributed by atoms with E-state index in [1.807, 2.05) is 6.07 Å². The number of amides is 1. The van der Waals surface area contributed by atoms with Gasteiger partial charge in [-0.05, 0) is 101 Å². The van der Waals surface area contributed by atoms with Gasteiger partial charge in [0.15, 0.2) is 0 Å². The highest BCUT2D eigenvalue weighted by Crippen LogP contribution is 2.32. The summed E-state index contributed by atoms with van der Waals surface area (Å²) in [4.78, 5) is 16.4. The van der Waals surface area contributed by atoms with E-state index in [4.69, 9.17) is 10.5 Å². The number of hydrogen-bond donors (Lipinski definition) is 2. The lowest BCUT2D eigenvalue weighted by Gasteiger charge is -2.32. The molecule has 1 saturated heterocycles. The molecular formula is C33H36BrN3O2S. The Balaban J connectivity index is 1.01. The summed E-state index contributed by atoms with van der Waals surface area (Å²) in [6.07, 6.45) is 5.12. The highest BCUT2D eigenvalue weighted by Gasteiger charge is 2.25. The molecule has 1 saturated carbocycles. The van der Waals surface area contributed by atoms with E-state index in [2.05, 4.69) is 93.7 Å². The first-order valence-electron chi connectivity index (χ1n) is 14.2. The molecule has 208 valence electrons. The number of carbonyl (C=O) groups excluding carboxylic acids is 1. The molecule has 2 fully saturated rings. The van der Waals surface area contributed by atoms with E-state index in [9.17, 15) is 4.79 Å². The maximum atomic E-state index is 13.1.